The van der Waals surface area contributed by atoms with Crippen LogP contribution in [0.5, 0.6) is 0 Å². The van der Waals surface area contributed by atoms with E-state index in [0.717, 1.165) is 12.3 Å². The smallest absolute Gasteiger partial charge is 0.177 e. The summed E-state index contributed by atoms with van der Waals surface area (Å²) >= 11 is 0.741. The molecule has 0 atom stereocenters. The largest absolute Gasteiger partial charge is 0.294 e. The lowest BCUT2D eigenvalue weighted by atomic mass is 11.8. The highest BCUT2D eigenvalue weighted by atomic mass is 32.2. The van der Waals surface area contributed by atoms with Gasteiger partial charge in [-0.25, -0.2) is 4.28 Å². The van der Waals surface area contributed by atoms with Crippen molar-refractivity contribution in [3.8, 4) is 0 Å². The Bertz CT molecular complexity index is 17.1. The fourth-order valence-electron chi connectivity index (χ4n) is 0.0393. The summed E-state index contributed by atoms with van der Waals surface area (Å²) in [7, 11) is 1.47. The summed E-state index contributed by atoms with van der Waals surface area (Å²) in [5, 5.41) is 0. The molecule has 0 bridgehead atoms. The van der Waals surface area contributed by atoms with Crippen LogP contribution in [-0.4, -0.2) is 7.11 Å². The third-order valence-electron chi connectivity index (χ3n) is 0.107. The van der Waals surface area contributed by atoms with E-state index < -0.39 is 0 Å². The standard InChI is InChI=1S/CH5NO2S/c1-3-5-4-2/h2H2,1H3. The van der Waals surface area contributed by atoms with E-state index in [2.05, 4.69) is 14.4 Å². The lowest BCUT2D eigenvalue weighted by Gasteiger charge is -1.82. The molecule has 0 aromatic rings. The van der Waals surface area contributed by atoms with Crippen LogP contribution < -0.4 is 5.90 Å². The first-order valence-corrected chi connectivity index (χ1v) is 1.64. The van der Waals surface area contributed by atoms with E-state index in [1.54, 1.807) is 0 Å². The number of rotatable bonds is 2. The zero-order valence-electron chi connectivity index (χ0n) is 2.80. The second kappa shape index (κ2) is 4.23. The zero-order chi connectivity index (χ0) is 4.12. The summed E-state index contributed by atoms with van der Waals surface area (Å²) in [5.41, 5.74) is 0. The first-order valence-electron chi connectivity index (χ1n) is 0.977. The molecule has 4 heteroatoms. The van der Waals surface area contributed by atoms with E-state index in [4.69, 9.17) is 0 Å². The maximum atomic E-state index is 4.48. The number of nitrogens with two attached hydrogens (primary N) is 1. The van der Waals surface area contributed by atoms with Crippen LogP contribution in [0.2, 0.25) is 0 Å². The van der Waals surface area contributed by atoms with Crippen molar-refractivity contribution in [3.05, 3.63) is 0 Å². The molecule has 0 heterocycles. The first-order chi connectivity index (χ1) is 2.41. The summed E-state index contributed by atoms with van der Waals surface area (Å²) in [5.74, 6) is 4.48. The molecule has 0 radical (unpaired) electrons. The summed E-state index contributed by atoms with van der Waals surface area (Å²) in [6, 6.07) is 0. The molecule has 32 valence electrons. The molecule has 0 aliphatic heterocycles. The van der Waals surface area contributed by atoms with Crippen molar-refractivity contribution in [2.45, 2.75) is 0 Å². The molecule has 3 nitrogen and oxygen atoms in total. The van der Waals surface area contributed by atoms with Gasteiger partial charge in [0.2, 0.25) is 0 Å². The number of hydrogen-bond donors (Lipinski definition) is 1. The molecule has 0 rings (SSSR count). The Morgan fingerprint density at radius 1 is 1.80 bits per heavy atom. The van der Waals surface area contributed by atoms with E-state index in [0.29, 0.717) is 0 Å². The Morgan fingerprint density at radius 3 is 2.40 bits per heavy atom. The van der Waals surface area contributed by atoms with Gasteiger partial charge in [-0.05, 0) is 0 Å². The first kappa shape index (κ1) is 5.23. The minimum absolute atomic E-state index is 0.741. The second-order valence-corrected chi connectivity index (χ2v) is 0.993. The summed E-state index contributed by atoms with van der Waals surface area (Å²) in [6.45, 7) is 0. The molecular weight excluding hydrogens is 90.1 g/mol. The van der Waals surface area contributed by atoms with Gasteiger partial charge in [-0.2, -0.15) is 5.90 Å². The molecule has 0 unspecified atom stereocenters. The minimum Gasteiger partial charge on any atom is -0.294 e. The molecule has 0 fully saturated rings. The Balaban J connectivity index is 2.19. The molecule has 0 aliphatic rings. The van der Waals surface area contributed by atoms with Crippen LogP contribution in [0.15, 0.2) is 0 Å². The van der Waals surface area contributed by atoms with Crippen molar-refractivity contribution in [3.63, 3.8) is 0 Å². The van der Waals surface area contributed by atoms with Gasteiger partial charge in [-0.1, -0.05) is 0 Å². The maximum absolute atomic E-state index is 4.48. The van der Waals surface area contributed by atoms with Gasteiger partial charge >= 0.3 is 0 Å². The van der Waals surface area contributed by atoms with Crippen molar-refractivity contribution in [1.82, 2.24) is 0 Å². The molecule has 0 aliphatic carbocycles. The molecule has 0 aromatic carbocycles. The second-order valence-electron chi connectivity index (χ2n) is 0.331. The Hall–Kier alpha value is 0.230. The molecule has 0 aromatic heterocycles. The Kier molecular flexibility index (Phi) is 4.42. The highest BCUT2D eigenvalue weighted by molar-refractivity contribution is 7.89. The Labute approximate surface area is 34.8 Å². The average molecular weight is 95.1 g/mol. The monoisotopic (exact) mass is 95.0 g/mol. The summed E-state index contributed by atoms with van der Waals surface area (Å²) in [4.78, 5) is 0. The van der Waals surface area contributed by atoms with E-state index in [-0.39, 0.29) is 0 Å². The summed E-state index contributed by atoms with van der Waals surface area (Å²) < 4.78 is 8.15. The predicted octanol–water partition coefficient (Wildman–Crippen LogP) is 0.0863. The van der Waals surface area contributed by atoms with Crippen LogP contribution >= 0.6 is 12.3 Å². The van der Waals surface area contributed by atoms with Crippen LogP contribution in [0.3, 0.4) is 0 Å². The summed E-state index contributed by atoms with van der Waals surface area (Å²) in [6.07, 6.45) is 0. The van der Waals surface area contributed by atoms with Crippen molar-refractivity contribution in [1.29, 1.82) is 0 Å². The normalized spacial score (nSPS) is 8.40. The van der Waals surface area contributed by atoms with Crippen LogP contribution in [0, 0.1) is 0 Å². The highest BCUT2D eigenvalue weighted by Gasteiger charge is 1.67. The van der Waals surface area contributed by atoms with Crippen LogP contribution in [0.4, 0.5) is 0 Å². The topological polar surface area (TPSA) is 44.5 Å². The molecule has 0 spiro atoms. The lowest BCUT2D eigenvalue weighted by Crippen LogP contribution is -1.86. The fraction of sp³-hybridized carbons (Fsp3) is 1.00. The van der Waals surface area contributed by atoms with E-state index >= 15 is 0 Å². The Morgan fingerprint density at radius 2 is 2.40 bits per heavy atom. The quantitative estimate of drug-likeness (QED) is 0.390. The third-order valence-corrected chi connectivity index (χ3v) is 0.322. The molecule has 0 saturated heterocycles. The average Bonchev–Trinajstić information content (AvgIpc) is 1.41. The van der Waals surface area contributed by atoms with Gasteiger partial charge in [0.25, 0.3) is 0 Å². The predicted molar refractivity (Wildman–Crippen MR) is 19.9 cm³/mol. The van der Waals surface area contributed by atoms with Gasteiger partial charge in [-0.15, -0.1) is 0 Å². The van der Waals surface area contributed by atoms with Crippen LogP contribution in [0.1, 0.15) is 0 Å². The van der Waals surface area contributed by atoms with Gasteiger partial charge in [0.1, 0.15) is 0 Å². The van der Waals surface area contributed by atoms with Gasteiger partial charge in [0.05, 0.1) is 7.11 Å². The van der Waals surface area contributed by atoms with Crippen LogP contribution in [-0.2, 0) is 8.47 Å². The maximum Gasteiger partial charge on any atom is 0.177 e. The van der Waals surface area contributed by atoms with E-state index in [1.807, 2.05) is 0 Å². The molecule has 5 heavy (non-hydrogen) atoms. The van der Waals surface area contributed by atoms with Gasteiger partial charge < -0.3 is 0 Å². The van der Waals surface area contributed by atoms with Crippen molar-refractivity contribution >= 4 is 12.3 Å². The van der Waals surface area contributed by atoms with Crippen molar-refractivity contribution in [2.75, 3.05) is 7.11 Å². The molecule has 2 N–H and O–H groups in total. The molecular formula is CH5NO2S. The van der Waals surface area contributed by atoms with E-state index in [1.165, 1.54) is 7.11 Å². The van der Waals surface area contributed by atoms with Gasteiger partial charge in [0.15, 0.2) is 12.3 Å². The minimum atomic E-state index is 0.741. The van der Waals surface area contributed by atoms with Gasteiger partial charge in [0, 0.05) is 0 Å². The van der Waals surface area contributed by atoms with Crippen LogP contribution in [0.25, 0.3) is 0 Å². The SMILES string of the molecule is COSON. The molecule has 0 amide bonds. The van der Waals surface area contributed by atoms with Crippen molar-refractivity contribution < 1.29 is 8.47 Å². The lowest BCUT2D eigenvalue weighted by molar-refractivity contribution is 0.334. The third kappa shape index (κ3) is 4.23. The zero-order valence-corrected chi connectivity index (χ0v) is 3.62. The molecule has 0 saturated carbocycles. The van der Waals surface area contributed by atoms with Crippen molar-refractivity contribution in [2.24, 2.45) is 5.90 Å². The highest BCUT2D eigenvalue weighted by Crippen LogP contribution is 1.92. The number of hydrogen-bond acceptors (Lipinski definition) is 4. The van der Waals surface area contributed by atoms with Gasteiger partial charge in [-0.3, -0.25) is 4.18 Å². The van der Waals surface area contributed by atoms with E-state index in [9.17, 15) is 0 Å². The fourth-order valence-corrected chi connectivity index (χ4v) is 0.118.